The molecule has 0 heterocycles. The lowest BCUT2D eigenvalue weighted by molar-refractivity contribution is -0.130. The predicted molar refractivity (Wildman–Crippen MR) is 111 cm³/mol. The number of nitrogens with zero attached hydrogens (tertiary/aromatic N) is 2. The van der Waals surface area contributed by atoms with E-state index in [0.29, 0.717) is 17.4 Å². The van der Waals surface area contributed by atoms with E-state index < -0.39 is 12.3 Å². The van der Waals surface area contributed by atoms with Gasteiger partial charge in [-0.2, -0.15) is 0 Å². The van der Waals surface area contributed by atoms with Crippen LogP contribution in [0.15, 0.2) is 59.6 Å². The largest absolute Gasteiger partial charge is 0.385 e. The Kier molecular flexibility index (Phi) is 8.44. The Morgan fingerprint density at radius 3 is 2.25 bits per heavy atom. The van der Waals surface area contributed by atoms with Gasteiger partial charge in [-0.25, -0.2) is 0 Å². The molecule has 6 nitrogen and oxygen atoms in total. The van der Waals surface area contributed by atoms with Crippen LogP contribution in [0, 0.1) is 0 Å². The molecule has 0 aliphatic rings. The second kappa shape index (κ2) is 10.8. The van der Waals surface area contributed by atoms with Gasteiger partial charge in [0.1, 0.15) is 11.9 Å². The lowest BCUT2D eigenvalue weighted by Gasteiger charge is -2.31. The summed E-state index contributed by atoms with van der Waals surface area (Å²) in [5.74, 6) is 0.185. The van der Waals surface area contributed by atoms with Crippen LogP contribution in [0.25, 0.3) is 0 Å². The van der Waals surface area contributed by atoms with Crippen LogP contribution in [0.5, 0.6) is 0 Å². The van der Waals surface area contributed by atoms with Crippen molar-refractivity contribution in [3.8, 4) is 0 Å². The van der Waals surface area contributed by atoms with Gasteiger partial charge < -0.3 is 20.1 Å². The molecular formula is C21H26ClN3O3. The smallest absolute Gasteiger partial charge is 0.220 e. The van der Waals surface area contributed by atoms with E-state index in [0.717, 1.165) is 11.1 Å². The van der Waals surface area contributed by atoms with E-state index in [1.165, 1.54) is 21.1 Å². The molecule has 2 aromatic carbocycles. The molecule has 2 aromatic rings. The number of carbonyl (C=O) groups excluding carboxylic acids is 1. The third-order valence-electron chi connectivity index (χ3n) is 4.33. The Morgan fingerprint density at radius 2 is 1.71 bits per heavy atom. The van der Waals surface area contributed by atoms with Crippen LogP contribution in [-0.4, -0.2) is 43.7 Å². The van der Waals surface area contributed by atoms with Gasteiger partial charge in [0.15, 0.2) is 6.29 Å². The molecule has 0 spiro atoms. The zero-order valence-electron chi connectivity index (χ0n) is 16.3. The molecule has 7 heteroatoms. The first-order valence-corrected chi connectivity index (χ1v) is 9.26. The van der Waals surface area contributed by atoms with Gasteiger partial charge >= 0.3 is 0 Å². The molecule has 0 bridgehead atoms. The standard InChI is InChI=1S/C21H26ClN3O3/c1-15(26)25(14-16-7-5-4-6-8-16)20(17-9-11-18(22)12-10-17)21(23)24-13-19(27-2)28-3/h4-12,19-20H,13-14H2,1-3H3,(H2,23,24). The van der Waals surface area contributed by atoms with E-state index in [1.54, 1.807) is 17.0 Å². The van der Waals surface area contributed by atoms with E-state index in [-0.39, 0.29) is 12.5 Å². The van der Waals surface area contributed by atoms with Gasteiger partial charge in [-0.05, 0) is 23.3 Å². The van der Waals surface area contributed by atoms with E-state index in [2.05, 4.69) is 4.99 Å². The fourth-order valence-electron chi connectivity index (χ4n) is 2.83. The molecular weight excluding hydrogens is 378 g/mol. The van der Waals surface area contributed by atoms with Gasteiger partial charge in [0.05, 0.1) is 6.54 Å². The number of hydrogen-bond acceptors (Lipinski definition) is 4. The second-order valence-electron chi connectivity index (χ2n) is 6.25. The molecule has 1 atom stereocenters. The van der Waals surface area contributed by atoms with Crippen LogP contribution in [0.3, 0.4) is 0 Å². The Bertz CT molecular complexity index is 777. The first kappa shape index (κ1) is 21.9. The molecule has 150 valence electrons. The zero-order valence-corrected chi connectivity index (χ0v) is 17.1. The summed E-state index contributed by atoms with van der Waals surface area (Å²) >= 11 is 6.03. The van der Waals surface area contributed by atoms with Crippen LogP contribution in [0.4, 0.5) is 0 Å². The van der Waals surface area contributed by atoms with Crippen molar-refractivity contribution in [2.45, 2.75) is 25.8 Å². The van der Waals surface area contributed by atoms with Crippen molar-refractivity contribution >= 4 is 23.3 Å². The van der Waals surface area contributed by atoms with E-state index in [4.69, 9.17) is 26.8 Å². The Labute approximate surface area is 170 Å². The molecule has 0 aliphatic heterocycles. The molecule has 1 unspecified atom stereocenters. The maximum absolute atomic E-state index is 12.5. The maximum Gasteiger partial charge on any atom is 0.220 e. The Hall–Kier alpha value is -2.41. The average molecular weight is 404 g/mol. The summed E-state index contributed by atoms with van der Waals surface area (Å²) in [6, 6.07) is 16.4. The first-order valence-electron chi connectivity index (χ1n) is 8.88. The summed E-state index contributed by atoms with van der Waals surface area (Å²) in [4.78, 5) is 18.6. The summed E-state index contributed by atoms with van der Waals surface area (Å²) in [5, 5.41) is 0.606. The van der Waals surface area contributed by atoms with Crippen molar-refractivity contribution in [1.82, 2.24) is 4.90 Å². The fraction of sp³-hybridized carbons (Fsp3) is 0.333. The molecule has 0 saturated carbocycles. The van der Waals surface area contributed by atoms with E-state index in [1.807, 2.05) is 42.5 Å². The van der Waals surface area contributed by atoms with Crippen LogP contribution in [0.1, 0.15) is 24.1 Å². The van der Waals surface area contributed by atoms with Gasteiger partial charge in [0, 0.05) is 32.7 Å². The molecule has 1 amide bonds. The summed E-state index contributed by atoms with van der Waals surface area (Å²) in [6.45, 7) is 2.14. The predicted octanol–water partition coefficient (Wildman–Crippen LogP) is 3.41. The highest BCUT2D eigenvalue weighted by molar-refractivity contribution is 6.30. The molecule has 0 saturated heterocycles. The highest BCUT2D eigenvalue weighted by atomic mass is 35.5. The minimum atomic E-state index is -0.538. The van der Waals surface area contributed by atoms with Gasteiger partial charge in [-0.3, -0.25) is 9.79 Å². The van der Waals surface area contributed by atoms with Gasteiger partial charge in [0.25, 0.3) is 0 Å². The number of carbonyl (C=O) groups is 1. The molecule has 28 heavy (non-hydrogen) atoms. The number of methoxy groups -OCH3 is 2. The van der Waals surface area contributed by atoms with Crippen molar-refractivity contribution in [3.63, 3.8) is 0 Å². The van der Waals surface area contributed by atoms with Crippen LogP contribution in [-0.2, 0) is 20.8 Å². The Balaban J connectivity index is 2.40. The van der Waals surface area contributed by atoms with Crippen molar-refractivity contribution < 1.29 is 14.3 Å². The van der Waals surface area contributed by atoms with E-state index >= 15 is 0 Å². The summed E-state index contributed by atoms with van der Waals surface area (Å²) in [7, 11) is 3.07. The molecule has 2 rings (SSSR count). The van der Waals surface area contributed by atoms with Crippen LogP contribution >= 0.6 is 11.6 Å². The molecule has 0 radical (unpaired) electrons. The maximum atomic E-state index is 12.5. The zero-order chi connectivity index (χ0) is 20.5. The third kappa shape index (κ3) is 6.05. The normalized spacial score (nSPS) is 12.8. The van der Waals surface area contributed by atoms with Crippen molar-refractivity contribution in [2.75, 3.05) is 20.8 Å². The topological polar surface area (TPSA) is 77.2 Å². The van der Waals surface area contributed by atoms with Gasteiger partial charge in [0.2, 0.25) is 5.91 Å². The minimum Gasteiger partial charge on any atom is -0.385 e. The number of rotatable bonds is 9. The number of nitrogens with two attached hydrogens (primary N) is 1. The van der Waals surface area contributed by atoms with Crippen molar-refractivity contribution in [3.05, 3.63) is 70.7 Å². The number of halogens is 1. The second-order valence-corrected chi connectivity index (χ2v) is 6.69. The average Bonchev–Trinajstić information content (AvgIpc) is 2.70. The molecule has 0 fully saturated rings. The lowest BCUT2D eigenvalue weighted by atomic mass is 10.0. The highest BCUT2D eigenvalue weighted by Gasteiger charge is 2.27. The number of benzene rings is 2. The summed E-state index contributed by atoms with van der Waals surface area (Å²) in [5.41, 5.74) is 8.17. The lowest BCUT2D eigenvalue weighted by Crippen LogP contribution is -2.41. The monoisotopic (exact) mass is 403 g/mol. The molecule has 2 N–H and O–H groups in total. The minimum absolute atomic E-state index is 0.114. The molecule has 0 aliphatic carbocycles. The summed E-state index contributed by atoms with van der Waals surface area (Å²) in [6.07, 6.45) is -0.510. The van der Waals surface area contributed by atoms with Gasteiger partial charge in [-0.1, -0.05) is 54.1 Å². The third-order valence-corrected chi connectivity index (χ3v) is 4.58. The van der Waals surface area contributed by atoms with Crippen molar-refractivity contribution in [1.29, 1.82) is 0 Å². The summed E-state index contributed by atoms with van der Waals surface area (Å²) < 4.78 is 10.3. The van der Waals surface area contributed by atoms with Crippen LogP contribution < -0.4 is 5.73 Å². The Morgan fingerprint density at radius 1 is 1.11 bits per heavy atom. The number of ether oxygens (including phenoxy) is 2. The first-order chi connectivity index (χ1) is 13.5. The van der Waals surface area contributed by atoms with Gasteiger partial charge in [-0.15, -0.1) is 0 Å². The molecule has 0 aromatic heterocycles. The van der Waals surface area contributed by atoms with E-state index in [9.17, 15) is 4.79 Å². The number of amidine groups is 1. The highest BCUT2D eigenvalue weighted by Crippen LogP contribution is 2.25. The number of aliphatic imine (C=N–C) groups is 1. The van der Waals surface area contributed by atoms with Crippen molar-refractivity contribution in [2.24, 2.45) is 10.7 Å². The number of hydrogen-bond donors (Lipinski definition) is 1. The quantitative estimate of drug-likeness (QED) is 0.395. The van der Waals surface area contributed by atoms with Crippen LogP contribution in [0.2, 0.25) is 5.02 Å². The fourth-order valence-corrected chi connectivity index (χ4v) is 2.96. The SMILES string of the molecule is COC(CN=C(N)C(c1ccc(Cl)cc1)N(Cc1ccccc1)C(C)=O)OC. The number of amides is 1.